The summed E-state index contributed by atoms with van der Waals surface area (Å²) in [6.45, 7) is 3.63. The van der Waals surface area contributed by atoms with Crippen LogP contribution in [0.4, 0.5) is 27.6 Å². The third kappa shape index (κ3) is 3.64. The molecule has 29 heavy (non-hydrogen) atoms. The Morgan fingerprint density at radius 2 is 1.66 bits per heavy atom. The predicted octanol–water partition coefficient (Wildman–Crippen LogP) is 5.35. The van der Waals surface area contributed by atoms with Gasteiger partial charge in [-0.3, -0.25) is 4.79 Å². The first kappa shape index (κ1) is 21.0. The molecular formula is C19H12BrF5N2O2. The average Bonchev–Trinajstić information content (AvgIpc) is 2.95. The van der Waals surface area contributed by atoms with Gasteiger partial charge in [0.05, 0.1) is 22.4 Å². The Bertz CT molecular complexity index is 1060. The Morgan fingerprint density at radius 1 is 1.07 bits per heavy atom. The van der Waals surface area contributed by atoms with Crippen LogP contribution < -0.4 is 9.75 Å². The van der Waals surface area contributed by atoms with Crippen molar-refractivity contribution in [2.75, 3.05) is 11.6 Å². The number of halogens is 6. The lowest BCUT2D eigenvalue weighted by Gasteiger charge is -2.15. The van der Waals surface area contributed by atoms with E-state index in [0.717, 1.165) is 0 Å². The summed E-state index contributed by atoms with van der Waals surface area (Å²) < 4.78 is 74.3. The Labute approximate surface area is 170 Å². The van der Waals surface area contributed by atoms with Gasteiger partial charge in [-0.1, -0.05) is 6.07 Å². The molecule has 3 rings (SSSR count). The molecule has 0 spiro atoms. The van der Waals surface area contributed by atoms with E-state index in [-0.39, 0.29) is 16.3 Å². The molecule has 1 heterocycles. The molecule has 1 aliphatic rings. The third-order valence-corrected chi connectivity index (χ3v) is 4.65. The minimum atomic E-state index is -2.31. The lowest BCUT2D eigenvalue weighted by Crippen LogP contribution is -2.25. The molecule has 0 aromatic heterocycles. The van der Waals surface area contributed by atoms with Crippen LogP contribution in [0.2, 0.25) is 0 Å². The van der Waals surface area contributed by atoms with Crippen LogP contribution in [0.25, 0.3) is 6.08 Å². The second-order valence-corrected chi connectivity index (χ2v) is 6.76. The van der Waals surface area contributed by atoms with Crippen molar-refractivity contribution in [3.63, 3.8) is 0 Å². The van der Waals surface area contributed by atoms with Crippen molar-refractivity contribution in [3.8, 4) is 5.75 Å². The van der Waals surface area contributed by atoms with Gasteiger partial charge in [0.1, 0.15) is 11.4 Å². The van der Waals surface area contributed by atoms with E-state index in [2.05, 4.69) is 21.0 Å². The minimum absolute atomic E-state index is 0.0453. The van der Waals surface area contributed by atoms with Gasteiger partial charge in [0.2, 0.25) is 5.82 Å². The second-order valence-electron chi connectivity index (χ2n) is 5.90. The Morgan fingerprint density at radius 3 is 2.21 bits per heavy atom. The SMILES string of the molecule is CCOc1ccc(/C=C2/C(=O)N(c3c(F)c(F)c(F)c(F)c3F)N=C2C)cc1Br. The summed E-state index contributed by atoms with van der Waals surface area (Å²) >= 11 is 3.32. The predicted molar refractivity (Wildman–Crippen MR) is 100 cm³/mol. The van der Waals surface area contributed by atoms with Gasteiger partial charge in [-0.15, -0.1) is 0 Å². The lowest BCUT2D eigenvalue weighted by molar-refractivity contribution is -0.114. The molecule has 0 N–H and O–H groups in total. The number of anilines is 1. The molecule has 0 saturated heterocycles. The van der Waals surface area contributed by atoms with Crippen molar-refractivity contribution in [2.24, 2.45) is 5.10 Å². The van der Waals surface area contributed by atoms with Crippen LogP contribution in [0, 0.1) is 29.1 Å². The molecule has 1 amide bonds. The van der Waals surface area contributed by atoms with Crippen LogP contribution in [-0.4, -0.2) is 18.2 Å². The molecule has 0 saturated carbocycles. The maximum atomic E-state index is 14.1. The average molecular weight is 475 g/mol. The van der Waals surface area contributed by atoms with E-state index < -0.39 is 40.7 Å². The van der Waals surface area contributed by atoms with Gasteiger partial charge in [-0.05, 0) is 53.5 Å². The summed E-state index contributed by atoms with van der Waals surface area (Å²) in [4.78, 5) is 12.6. The molecule has 0 atom stereocenters. The Hall–Kier alpha value is -2.75. The number of rotatable bonds is 4. The van der Waals surface area contributed by atoms with Gasteiger partial charge in [0.15, 0.2) is 23.3 Å². The molecule has 0 aliphatic carbocycles. The molecule has 0 radical (unpaired) electrons. The van der Waals surface area contributed by atoms with E-state index in [0.29, 0.717) is 22.4 Å². The molecule has 2 aromatic rings. The van der Waals surface area contributed by atoms with Crippen LogP contribution in [0.15, 0.2) is 33.3 Å². The number of ether oxygens (including phenoxy) is 1. The lowest BCUT2D eigenvalue weighted by atomic mass is 10.1. The smallest absolute Gasteiger partial charge is 0.280 e. The van der Waals surface area contributed by atoms with Gasteiger partial charge < -0.3 is 4.74 Å². The molecule has 1 aliphatic heterocycles. The summed E-state index contributed by atoms with van der Waals surface area (Å²) in [5.74, 6) is -11.4. The van der Waals surface area contributed by atoms with Crippen LogP contribution in [0.3, 0.4) is 0 Å². The topological polar surface area (TPSA) is 41.9 Å². The second kappa shape index (κ2) is 7.94. The van der Waals surface area contributed by atoms with Crippen LogP contribution in [0.1, 0.15) is 19.4 Å². The zero-order valence-electron chi connectivity index (χ0n) is 15.0. The number of carbonyl (C=O) groups is 1. The first-order valence-corrected chi connectivity index (χ1v) is 9.02. The van der Waals surface area contributed by atoms with Crippen molar-refractivity contribution >= 4 is 39.3 Å². The van der Waals surface area contributed by atoms with Gasteiger partial charge in [-0.25, -0.2) is 22.0 Å². The number of hydrogen-bond acceptors (Lipinski definition) is 3. The van der Waals surface area contributed by atoms with Gasteiger partial charge in [-0.2, -0.15) is 10.1 Å². The van der Waals surface area contributed by atoms with Crippen molar-refractivity contribution in [2.45, 2.75) is 13.8 Å². The number of amides is 1. The summed E-state index contributed by atoms with van der Waals surface area (Å²) in [5, 5.41) is 3.85. The molecule has 152 valence electrons. The zero-order chi connectivity index (χ0) is 21.5. The third-order valence-electron chi connectivity index (χ3n) is 4.03. The van der Waals surface area contributed by atoms with Gasteiger partial charge in [0, 0.05) is 0 Å². The van der Waals surface area contributed by atoms with E-state index in [1.165, 1.54) is 13.0 Å². The fourth-order valence-corrected chi connectivity index (χ4v) is 3.17. The monoisotopic (exact) mass is 474 g/mol. The number of carbonyl (C=O) groups excluding carboxylic acids is 1. The van der Waals surface area contributed by atoms with Crippen molar-refractivity contribution < 1.29 is 31.5 Å². The van der Waals surface area contributed by atoms with Crippen molar-refractivity contribution in [1.29, 1.82) is 0 Å². The van der Waals surface area contributed by atoms with E-state index in [9.17, 15) is 26.7 Å². The largest absolute Gasteiger partial charge is 0.493 e. The molecular weight excluding hydrogens is 463 g/mol. The summed E-state index contributed by atoms with van der Waals surface area (Å²) in [6.07, 6.45) is 1.38. The zero-order valence-corrected chi connectivity index (χ0v) is 16.6. The van der Waals surface area contributed by atoms with E-state index in [4.69, 9.17) is 4.74 Å². The molecule has 2 aromatic carbocycles. The fraction of sp³-hybridized carbons (Fsp3) is 0.158. The molecule has 0 fully saturated rings. The Kier molecular flexibility index (Phi) is 5.74. The van der Waals surface area contributed by atoms with E-state index >= 15 is 0 Å². The van der Waals surface area contributed by atoms with E-state index in [1.54, 1.807) is 18.2 Å². The normalized spacial score (nSPS) is 15.3. The number of hydrazone groups is 1. The Balaban J connectivity index is 2.03. The van der Waals surface area contributed by atoms with Gasteiger partial charge in [0.25, 0.3) is 5.91 Å². The first-order valence-electron chi connectivity index (χ1n) is 8.22. The number of benzene rings is 2. The maximum Gasteiger partial charge on any atom is 0.280 e. The highest BCUT2D eigenvalue weighted by molar-refractivity contribution is 9.10. The van der Waals surface area contributed by atoms with Crippen LogP contribution >= 0.6 is 15.9 Å². The highest BCUT2D eigenvalue weighted by Crippen LogP contribution is 2.34. The van der Waals surface area contributed by atoms with Crippen LogP contribution in [0.5, 0.6) is 5.75 Å². The minimum Gasteiger partial charge on any atom is -0.493 e. The van der Waals surface area contributed by atoms with Gasteiger partial charge >= 0.3 is 0 Å². The highest BCUT2D eigenvalue weighted by atomic mass is 79.9. The number of nitrogens with zero attached hydrogens (tertiary/aromatic N) is 2. The quantitative estimate of drug-likeness (QED) is 0.259. The van der Waals surface area contributed by atoms with E-state index in [1.807, 2.05) is 6.92 Å². The highest BCUT2D eigenvalue weighted by Gasteiger charge is 2.37. The number of hydrogen-bond donors (Lipinski definition) is 0. The summed E-state index contributed by atoms with van der Waals surface area (Å²) in [6, 6.07) is 4.91. The molecule has 0 bridgehead atoms. The fourth-order valence-electron chi connectivity index (χ4n) is 2.66. The molecule has 10 heteroatoms. The van der Waals surface area contributed by atoms with Crippen molar-refractivity contribution in [1.82, 2.24) is 0 Å². The first-order chi connectivity index (χ1) is 13.7. The van der Waals surface area contributed by atoms with Crippen molar-refractivity contribution in [3.05, 3.63) is 62.9 Å². The molecule has 4 nitrogen and oxygen atoms in total. The standard InChI is InChI=1S/C19H12BrF5N2O2/c1-3-29-12-5-4-9(7-11(12)20)6-10-8(2)26-27(19(10)28)18-16(24)14(22)13(21)15(23)17(18)25/h4-7H,3H2,1-2H3/b10-6+. The summed E-state index contributed by atoms with van der Waals surface area (Å²) in [5.41, 5.74) is -0.923. The van der Waals surface area contributed by atoms with Crippen LogP contribution in [-0.2, 0) is 4.79 Å². The maximum absolute atomic E-state index is 14.1. The summed E-state index contributed by atoms with van der Waals surface area (Å²) in [7, 11) is 0. The molecule has 0 unspecified atom stereocenters.